The van der Waals surface area contributed by atoms with Gasteiger partial charge in [0.15, 0.2) is 0 Å². The second kappa shape index (κ2) is 9.34. The molecule has 128 valence electrons. The van der Waals surface area contributed by atoms with Crippen LogP contribution in [0.25, 0.3) is 0 Å². The highest BCUT2D eigenvalue weighted by Crippen LogP contribution is 2.11. The molecule has 0 unspecified atom stereocenters. The molecule has 2 rings (SSSR count). The van der Waals surface area contributed by atoms with Crippen LogP contribution >= 0.6 is 0 Å². The summed E-state index contributed by atoms with van der Waals surface area (Å²) in [6.07, 6.45) is 3.44. The number of nitrogens with zero attached hydrogens (tertiary/aromatic N) is 2. The molecule has 2 aromatic rings. The molecule has 0 aliphatic heterocycles. The van der Waals surface area contributed by atoms with E-state index in [1.165, 1.54) is 7.11 Å². The van der Waals surface area contributed by atoms with Crippen molar-refractivity contribution in [3.05, 3.63) is 53.6 Å². The molecular formula is C17H21N3O4. The molecule has 1 aromatic carbocycles. The number of carbonyl (C=O) groups excluding carboxylic acids is 1. The normalized spacial score (nSPS) is 11.2. The van der Waals surface area contributed by atoms with Gasteiger partial charge in [-0.2, -0.15) is 0 Å². The lowest BCUT2D eigenvalue weighted by Gasteiger charge is -2.07. The molecule has 7 nitrogen and oxygen atoms in total. The van der Waals surface area contributed by atoms with E-state index in [4.69, 9.17) is 9.15 Å². The Balaban J connectivity index is 1.75. The van der Waals surface area contributed by atoms with Gasteiger partial charge in [0.1, 0.15) is 6.61 Å². The van der Waals surface area contributed by atoms with Crippen molar-refractivity contribution in [2.24, 2.45) is 0 Å². The molecule has 0 amide bonds. The summed E-state index contributed by atoms with van der Waals surface area (Å²) in [5, 5.41) is 10.3. The van der Waals surface area contributed by atoms with Gasteiger partial charge in [0.05, 0.1) is 13.4 Å². The summed E-state index contributed by atoms with van der Waals surface area (Å²) in [7, 11) is 1.26. The fraction of sp³-hybridized carbons (Fsp3) is 0.353. The molecule has 0 spiro atoms. The largest absolute Gasteiger partial charge is 0.497 e. The summed E-state index contributed by atoms with van der Waals surface area (Å²) in [5.74, 6) is -0.823. The third-order valence-electron chi connectivity index (χ3n) is 3.30. The number of methoxy groups -OCH3 is 1. The fourth-order valence-electron chi connectivity index (χ4n) is 1.94. The monoisotopic (exact) mass is 331 g/mol. The van der Waals surface area contributed by atoms with Crippen LogP contribution < -0.4 is 5.32 Å². The first-order chi connectivity index (χ1) is 11.7. The smallest absolute Gasteiger partial charge is 0.396 e. The van der Waals surface area contributed by atoms with Crippen LogP contribution in [0.2, 0.25) is 0 Å². The van der Waals surface area contributed by atoms with Crippen molar-refractivity contribution in [1.29, 1.82) is 0 Å². The average molecular weight is 331 g/mol. The number of benzene rings is 1. The van der Waals surface area contributed by atoms with E-state index in [-0.39, 0.29) is 11.9 Å². The van der Waals surface area contributed by atoms with Gasteiger partial charge < -0.3 is 19.2 Å². The zero-order chi connectivity index (χ0) is 17.2. The van der Waals surface area contributed by atoms with Crippen LogP contribution in [-0.4, -0.2) is 29.8 Å². The van der Waals surface area contributed by atoms with E-state index in [1.54, 1.807) is 6.26 Å². The molecule has 24 heavy (non-hydrogen) atoms. The van der Waals surface area contributed by atoms with Crippen molar-refractivity contribution in [2.45, 2.75) is 26.4 Å². The van der Waals surface area contributed by atoms with E-state index in [2.05, 4.69) is 27.2 Å². The Hall–Kier alpha value is -2.83. The number of ether oxygens (including phenoxy) is 2. The number of carbonyl (C=O) groups is 1. The molecule has 0 aliphatic carbocycles. The molecule has 0 radical (unpaired) electrons. The maximum Gasteiger partial charge on any atom is 0.396 e. The van der Waals surface area contributed by atoms with Crippen LogP contribution in [0, 0.1) is 0 Å². The Morgan fingerprint density at radius 3 is 2.79 bits per heavy atom. The lowest BCUT2D eigenvalue weighted by molar-refractivity contribution is 0.0557. The summed E-state index contributed by atoms with van der Waals surface area (Å²) in [5.41, 5.74) is 2.29. The molecule has 0 bridgehead atoms. The quantitative estimate of drug-likeness (QED) is 0.558. The predicted molar refractivity (Wildman–Crippen MR) is 88.3 cm³/mol. The number of rotatable bonds is 9. The minimum absolute atomic E-state index is 0.169. The highest BCUT2D eigenvalue weighted by atomic mass is 16.5. The molecule has 1 aromatic heterocycles. The van der Waals surface area contributed by atoms with Gasteiger partial charge in [0.2, 0.25) is 0 Å². The van der Waals surface area contributed by atoms with Crippen molar-refractivity contribution in [3.8, 4) is 0 Å². The first kappa shape index (κ1) is 17.5. The Morgan fingerprint density at radius 2 is 2.08 bits per heavy atom. The van der Waals surface area contributed by atoms with Gasteiger partial charge in [-0.25, -0.2) is 4.79 Å². The van der Waals surface area contributed by atoms with E-state index in [0.717, 1.165) is 24.0 Å². The zero-order valence-electron chi connectivity index (χ0n) is 13.8. The zero-order valence-corrected chi connectivity index (χ0v) is 13.8. The third kappa shape index (κ3) is 5.42. The summed E-state index contributed by atoms with van der Waals surface area (Å²) in [6.45, 7) is 3.21. The predicted octanol–water partition coefficient (Wildman–Crippen LogP) is 3.17. The summed E-state index contributed by atoms with van der Waals surface area (Å²) in [4.78, 5) is 11.2. The average Bonchev–Trinajstić information content (AvgIpc) is 3.09. The van der Waals surface area contributed by atoms with Crippen LogP contribution in [0.4, 0.5) is 6.01 Å². The van der Waals surface area contributed by atoms with Gasteiger partial charge in [-0.15, -0.1) is 0 Å². The first-order valence-electron chi connectivity index (χ1n) is 7.72. The standard InChI is InChI=1S/C17H21N3O4/c1-3-13(11-23-12-14-7-5-4-6-8-14)9-10-18-17-20-19-15(24-17)16(21)22-2/h4-8,11H,3,9-10,12H2,1-2H3,(H,18,20)/b13-11-. The minimum Gasteiger partial charge on any atom is -0.497 e. The van der Waals surface area contributed by atoms with E-state index < -0.39 is 5.97 Å². The van der Waals surface area contributed by atoms with Gasteiger partial charge in [0.25, 0.3) is 0 Å². The van der Waals surface area contributed by atoms with Crippen LogP contribution in [-0.2, 0) is 16.1 Å². The van der Waals surface area contributed by atoms with Gasteiger partial charge in [-0.3, -0.25) is 0 Å². The van der Waals surface area contributed by atoms with Gasteiger partial charge >= 0.3 is 17.9 Å². The number of esters is 1. The second-order valence-corrected chi connectivity index (χ2v) is 5.01. The van der Waals surface area contributed by atoms with Crippen molar-refractivity contribution in [3.63, 3.8) is 0 Å². The molecular weight excluding hydrogens is 310 g/mol. The topological polar surface area (TPSA) is 86.5 Å². The van der Waals surface area contributed by atoms with E-state index in [1.807, 2.05) is 30.3 Å². The maximum atomic E-state index is 11.2. The number of anilines is 1. The third-order valence-corrected chi connectivity index (χ3v) is 3.30. The summed E-state index contributed by atoms with van der Waals surface area (Å²) >= 11 is 0. The van der Waals surface area contributed by atoms with Crippen molar-refractivity contribution in [1.82, 2.24) is 10.2 Å². The molecule has 1 N–H and O–H groups in total. The molecule has 1 heterocycles. The molecule has 0 saturated heterocycles. The van der Waals surface area contributed by atoms with E-state index >= 15 is 0 Å². The molecule has 0 fully saturated rings. The molecule has 7 heteroatoms. The highest BCUT2D eigenvalue weighted by Gasteiger charge is 2.14. The van der Waals surface area contributed by atoms with Crippen molar-refractivity contribution < 1.29 is 18.7 Å². The number of aromatic nitrogens is 2. The highest BCUT2D eigenvalue weighted by molar-refractivity contribution is 5.83. The molecule has 0 aliphatic rings. The van der Waals surface area contributed by atoms with Crippen molar-refractivity contribution >= 4 is 12.0 Å². The van der Waals surface area contributed by atoms with E-state index in [0.29, 0.717) is 13.2 Å². The summed E-state index contributed by atoms with van der Waals surface area (Å²) in [6, 6.07) is 10.2. The van der Waals surface area contributed by atoms with Crippen LogP contribution in [0.3, 0.4) is 0 Å². The number of hydrogen-bond donors (Lipinski definition) is 1. The SMILES string of the molecule is CC/C(=C/OCc1ccccc1)CCNc1nnc(C(=O)OC)o1. The van der Waals surface area contributed by atoms with Gasteiger partial charge in [-0.05, 0) is 24.0 Å². The minimum atomic E-state index is -0.654. The number of hydrogen-bond acceptors (Lipinski definition) is 7. The number of nitrogens with one attached hydrogen (secondary N) is 1. The lowest BCUT2D eigenvalue weighted by Crippen LogP contribution is -2.03. The van der Waals surface area contributed by atoms with Crippen molar-refractivity contribution in [2.75, 3.05) is 19.0 Å². The molecule has 0 saturated carbocycles. The van der Waals surface area contributed by atoms with Crippen LogP contribution in [0.1, 0.15) is 36.0 Å². The molecule has 0 atom stereocenters. The Kier molecular flexibility index (Phi) is 6.82. The first-order valence-corrected chi connectivity index (χ1v) is 7.72. The Bertz CT molecular complexity index is 667. The van der Waals surface area contributed by atoms with Gasteiger partial charge in [-0.1, -0.05) is 47.5 Å². The van der Waals surface area contributed by atoms with Gasteiger partial charge in [0, 0.05) is 6.54 Å². The fourth-order valence-corrected chi connectivity index (χ4v) is 1.94. The van der Waals surface area contributed by atoms with Crippen LogP contribution in [0.5, 0.6) is 0 Å². The summed E-state index contributed by atoms with van der Waals surface area (Å²) < 4.78 is 15.3. The maximum absolute atomic E-state index is 11.2. The Labute approximate surface area is 140 Å². The Morgan fingerprint density at radius 1 is 1.29 bits per heavy atom. The lowest BCUT2D eigenvalue weighted by atomic mass is 10.1. The van der Waals surface area contributed by atoms with Crippen LogP contribution in [0.15, 0.2) is 46.6 Å². The second-order valence-electron chi connectivity index (χ2n) is 5.01. The van der Waals surface area contributed by atoms with E-state index in [9.17, 15) is 4.79 Å².